The summed E-state index contributed by atoms with van der Waals surface area (Å²) in [5.74, 6) is 2.38. The molecule has 4 amide bonds. The Labute approximate surface area is 73.3 Å². The summed E-state index contributed by atoms with van der Waals surface area (Å²) in [6, 6.07) is -0.823. The van der Waals surface area contributed by atoms with Gasteiger partial charge in [0, 0.05) is 0 Å². The molecular formula is C6H8N4O3. The normalized spacial score (nSPS) is 19.8. The molecule has 0 unspecified atom stereocenters. The summed E-state index contributed by atoms with van der Waals surface area (Å²) < 4.78 is 0. The van der Waals surface area contributed by atoms with E-state index < -0.39 is 23.8 Å². The van der Waals surface area contributed by atoms with Crippen molar-refractivity contribution in [3.8, 4) is 0 Å². The van der Waals surface area contributed by atoms with Gasteiger partial charge in [0.15, 0.2) is 5.92 Å². The standard InChI is InChI=1S/C6H8N4O3/c1-2(10-7)3-4(11)8-6(13)9-5(3)12/h3H,7H2,1H3,(H2,8,9,11,12,13). The summed E-state index contributed by atoms with van der Waals surface area (Å²) in [6.07, 6.45) is 0. The van der Waals surface area contributed by atoms with Crippen LogP contribution in [0.3, 0.4) is 0 Å². The number of hydrogen-bond donors (Lipinski definition) is 3. The first kappa shape index (κ1) is 9.17. The number of nitrogens with two attached hydrogens (primary N) is 1. The van der Waals surface area contributed by atoms with Gasteiger partial charge in [-0.2, -0.15) is 5.10 Å². The fraction of sp³-hybridized carbons (Fsp3) is 0.333. The summed E-state index contributed by atoms with van der Waals surface area (Å²) in [6.45, 7) is 1.43. The molecule has 4 N–H and O–H groups in total. The van der Waals surface area contributed by atoms with Crippen molar-refractivity contribution in [2.24, 2.45) is 16.9 Å². The van der Waals surface area contributed by atoms with Gasteiger partial charge < -0.3 is 5.84 Å². The third kappa shape index (κ3) is 1.63. The lowest BCUT2D eigenvalue weighted by Crippen LogP contribution is -2.57. The van der Waals surface area contributed by atoms with Gasteiger partial charge in [-0.3, -0.25) is 20.2 Å². The highest BCUT2D eigenvalue weighted by molar-refractivity contribution is 6.27. The summed E-state index contributed by atoms with van der Waals surface area (Å²) >= 11 is 0. The van der Waals surface area contributed by atoms with Gasteiger partial charge >= 0.3 is 6.03 Å². The lowest BCUT2D eigenvalue weighted by molar-refractivity contribution is -0.132. The number of hydrazone groups is 1. The molecule has 1 rings (SSSR count). The lowest BCUT2D eigenvalue weighted by atomic mass is 10.0. The average Bonchev–Trinajstić information content (AvgIpc) is 2.02. The summed E-state index contributed by atoms with van der Waals surface area (Å²) in [5.41, 5.74) is 0.155. The number of carbonyl (C=O) groups excluding carboxylic acids is 3. The molecule has 0 aliphatic carbocycles. The van der Waals surface area contributed by atoms with Gasteiger partial charge in [0.05, 0.1) is 5.71 Å². The molecule has 7 heteroatoms. The molecule has 1 aliphatic heterocycles. The Kier molecular flexibility index (Phi) is 2.27. The second kappa shape index (κ2) is 3.21. The Bertz CT molecular complexity index is 289. The Hall–Kier alpha value is -1.92. The lowest BCUT2D eigenvalue weighted by Gasteiger charge is -2.19. The minimum atomic E-state index is -1.11. The van der Waals surface area contributed by atoms with Gasteiger partial charge in [-0.05, 0) is 6.92 Å². The highest BCUT2D eigenvalue weighted by Gasteiger charge is 2.36. The van der Waals surface area contributed by atoms with E-state index in [2.05, 4.69) is 5.10 Å². The highest BCUT2D eigenvalue weighted by Crippen LogP contribution is 2.03. The molecule has 0 aromatic rings. The van der Waals surface area contributed by atoms with Crippen LogP contribution in [0, 0.1) is 5.92 Å². The number of nitrogens with one attached hydrogen (secondary N) is 2. The number of hydrogen-bond acceptors (Lipinski definition) is 5. The van der Waals surface area contributed by atoms with Gasteiger partial charge in [-0.15, -0.1) is 0 Å². The first-order chi connectivity index (χ1) is 6.06. The van der Waals surface area contributed by atoms with Crippen LogP contribution in [0.25, 0.3) is 0 Å². The van der Waals surface area contributed by atoms with Crippen LogP contribution in [0.2, 0.25) is 0 Å². The quantitative estimate of drug-likeness (QED) is 0.195. The number of carbonyl (C=O) groups is 3. The molecule has 0 spiro atoms. The number of rotatable bonds is 1. The SMILES string of the molecule is CC(=NN)C1C(=O)NC(=O)NC1=O. The third-order valence-electron chi connectivity index (χ3n) is 1.62. The van der Waals surface area contributed by atoms with Gasteiger partial charge in [0.1, 0.15) is 0 Å². The molecule has 70 valence electrons. The van der Waals surface area contributed by atoms with E-state index in [1.807, 2.05) is 10.6 Å². The molecule has 7 nitrogen and oxygen atoms in total. The second-order valence-electron chi connectivity index (χ2n) is 2.51. The molecule has 0 atom stereocenters. The molecule has 0 saturated carbocycles. The zero-order valence-corrected chi connectivity index (χ0v) is 6.83. The third-order valence-corrected chi connectivity index (χ3v) is 1.62. The zero-order chi connectivity index (χ0) is 10.0. The van der Waals surface area contributed by atoms with E-state index >= 15 is 0 Å². The van der Waals surface area contributed by atoms with Crippen molar-refractivity contribution in [1.29, 1.82) is 0 Å². The van der Waals surface area contributed by atoms with E-state index in [1.165, 1.54) is 6.92 Å². The Morgan fingerprint density at radius 2 is 1.77 bits per heavy atom. The maximum absolute atomic E-state index is 11.1. The van der Waals surface area contributed by atoms with Crippen molar-refractivity contribution in [3.05, 3.63) is 0 Å². The Morgan fingerprint density at radius 1 is 1.31 bits per heavy atom. The predicted octanol–water partition coefficient (Wildman–Crippen LogP) is -1.70. The van der Waals surface area contributed by atoms with Crippen molar-refractivity contribution in [2.45, 2.75) is 6.92 Å². The summed E-state index contributed by atoms with van der Waals surface area (Å²) in [7, 11) is 0. The predicted molar refractivity (Wildman–Crippen MR) is 42.5 cm³/mol. The largest absolute Gasteiger partial charge is 0.328 e. The van der Waals surface area contributed by atoms with Crippen LogP contribution in [0.4, 0.5) is 4.79 Å². The first-order valence-electron chi connectivity index (χ1n) is 3.46. The van der Waals surface area contributed by atoms with E-state index in [9.17, 15) is 14.4 Å². The molecule has 0 aromatic heterocycles. The molecule has 13 heavy (non-hydrogen) atoms. The average molecular weight is 184 g/mol. The van der Waals surface area contributed by atoms with E-state index in [0.29, 0.717) is 0 Å². The maximum Gasteiger partial charge on any atom is 0.328 e. The van der Waals surface area contributed by atoms with Crippen LogP contribution in [0.15, 0.2) is 5.10 Å². The first-order valence-corrected chi connectivity index (χ1v) is 3.46. The molecule has 0 bridgehead atoms. The molecule has 1 aliphatic rings. The van der Waals surface area contributed by atoms with Crippen LogP contribution in [-0.4, -0.2) is 23.6 Å². The van der Waals surface area contributed by atoms with Crippen LogP contribution in [0.1, 0.15) is 6.92 Å². The molecule has 0 aromatic carbocycles. The van der Waals surface area contributed by atoms with Gasteiger partial charge in [0.2, 0.25) is 11.8 Å². The van der Waals surface area contributed by atoms with Crippen LogP contribution >= 0.6 is 0 Å². The fourth-order valence-corrected chi connectivity index (χ4v) is 0.972. The van der Waals surface area contributed by atoms with Crippen molar-refractivity contribution in [2.75, 3.05) is 0 Å². The molecular weight excluding hydrogens is 176 g/mol. The van der Waals surface area contributed by atoms with Gasteiger partial charge in [-0.1, -0.05) is 0 Å². The van der Waals surface area contributed by atoms with Crippen molar-refractivity contribution < 1.29 is 14.4 Å². The smallest absolute Gasteiger partial charge is 0.323 e. The topological polar surface area (TPSA) is 114 Å². The number of imide groups is 2. The molecule has 1 fully saturated rings. The summed E-state index contributed by atoms with van der Waals surface area (Å²) in [4.78, 5) is 32.8. The Morgan fingerprint density at radius 3 is 2.15 bits per heavy atom. The minimum Gasteiger partial charge on any atom is -0.323 e. The molecule has 1 heterocycles. The van der Waals surface area contributed by atoms with Crippen LogP contribution in [-0.2, 0) is 9.59 Å². The van der Waals surface area contributed by atoms with E-state index in [1.54, 1.807) is 0 Å². The highest BCUT2D eigenvalue weighted by atomic mass is 16.2. The number of urea groups is 1. The molecule has 1 saturated heterocycles. The fourth-order valence-electron chi connectivity index (χ4n) is 0.972. The van der Waals surface area contributed by atoms with Gasteiger partial charge in [-0.25, -0.2) is 4.79 Å². The minimum absolute atomic E-state index is 0.155. The van der Waals surface area contributed by atoms with Gasteiger partial charge in [0.25, 0.3) is 0 Å². The number of barbiturate groups is 1. The second-order valence-corrected chi connectivity index (χ2v) is 2.51. The number of nitrogens with zero attached hydrogens (tertiary/aromatic N) is 1. The van der Waals surface area contributed by atoms with Crippen LogP contribution in [0.5, 0.6) is 0 Å². The monoisotopic (exact) mass is 184 g/mol. The Balaban J connectivity index is 2.91. The van der Waals surface area contributed by atoms with E-state index in [4.69, 9.17) is 5.84 Å². The van der Waals surface area contributed by atoms with Crippen molar-refractivity contribution in [3.63, 3.8) is 0 Å². The zero-order valence-electron chi connectivity index (χ0n) is 6.83. The van der Waals surface area contributed by atoms with Crippen molar-refractivity contribution in [1.82, 2.24) is 10.6 Å². The summed E-state index contributed by atoms with van der Waals surface area (Å²) in [5, 5.41) is 7.08. The van der Waals surface area contributed by atoms with E-state index in [-0.39, 0.29) is 5.71 Å². The van der Waals surface area contributed by atoms with E-state index in [0.717, 1.165) is 0 Å². The van der Waals surface area contributed by atoms with Crippen LogP contribution < -0.4 is 16.5 Å². The molecule has 0 radical (unpaired) electrons. The maximum atomic E-state index is 11.1. The number of amides is 4. The van der Waals surface area contributed by atoms with Crippen molar-refractivity contribution >= 4 is 23.6 Å².